The van der Waals surface area contributed by atoms with Gasteiger partial charge in [0.15, 0.2) is 0 Å². The van der Waals surface area contributed by atoms with E-state index in [2.05, 4.69) is 17.7 Å². The maximum atomic E-state index is 5.00. The maximum Gasteiger partial charge on any atom is 0.0896 e. The van der Waals surface area contributed by atoms with Gasteiger partial charge in [0.1, 0.15) is 0 Å². The molecular formula is C4H14BrN3. The van der Waals surface area contributed by atoms with Crippen molar-refractivity contribution in [3.05, 3.63) is 0 Å². The van der Waals surface area contributed by atoms with Crippen molar-refractivity contribution < 1.29 is 22.3 Å². The first-order chi connectivity index (χ1) is 3.41. The van der Waals surface area contributed by atoms with Crippen LogP contribution in [0, 0.1) is 0 Å². The lowest BCUT2D eigenvalue weighted by Gasteiger charge is -1.93. The van der Waals surface area contributed by atoms with E-state index >= 15 is 0 Å². The summed E-state index contributed by atoms with van der Waals surface area (Å²) in [6.07, 6.45) is 0. The molecule has 0 atom stereocenters. The fourth-order valence-electron chi connectivity index (χ4n) is 0.390. The number of quaternary nitrogens is 1. The van der Waals surface area contributed by atoms with Crippen molar-refractivity contribution in [1.29, 1.82) is 0 Å². The highest BCUT2D eigenvalue weighted by molar-refractivity contribution is 4.25. The van der Waals surface area contributed by atoms with Gasteiger partial charge in [-0.2, -0.15) is 0 Å². The van der Waals surface area contributed by atoms with Crippen LogP contribution >= 0.6 is 0 Å². The van der Waals surface area contributed by atoms with E-state index in [-0.39, 0.29) is 17.0 Å². The minimum absolute atomic E-state index is 0. The molecule has 0 radical (unpaired) electrons. The Bertz CT molecular complexity index is 30.5. The van der Waals surface area contributed by atoms with Crippen molar-refractivity contribution in [2.45, 2.75) is 6.92 Å². The predicted octanol–water partition coefficient (Wildman–Crippen LogP) is -4.96. The average Bonchev–Trinajstić information content (AvgIpc) is 1.69. The fraction of sp³-hybridized carbons (Fsp3) is 1.00. The summed E-state index contributed by atoms with van der Waals surface area (Å²) in [5.74, 6) is 5.00. The van der Waals surface area contributed by atoms with E-state index in [4.69, 9.17) is 5.84 Å². The first-order valence-corrected chi connectivity index (χ1v) is 2.67. The largest absolute Gasteiger partial charge is 1.00 e. The molecule has 0 heterocycles. The van der Waals surface area contributed by atoms with Crippen LogP contribution in [0.4, 0.5) is 0 Å². The highest BCUT2D eigenvalue weighted by Crippen LogP contribution is 1.36. The lowest BCUT2D eigenvalue weighted by atomic mass is 10.6. The van der Waals surface area contributed by atoms with Crippen molar-refractivity contribution >= 4 is 0 Å². The SMILES string of the molecule is CC[NH2+]CCNN.[Br-]. The number of likely N-dealkylation sites (N-methyl/N-ethyl adjacent to an activating group) is 1. The molecule has 0 saturated carbocycles. The standard InChI is InChI=1S/C4H13N3.BrH/c1-2-6-3-4-7-5;/h6-7H,2-5H2,1H3;1H. The molecule has 0 amide bonds. The molecule has 4 heteroatoms. The van der Waals surface area contributed by atoms with Gasteiger partial charge in [0.2, 0.25) is 0 Å². The number of hydrazine groups is 1. The van der Waals surface area contributed by atoms with E-state index in [1.165, 1.54) is 0 Å². The summed E-state index contributed by atoms with van der Waals surface area (Å²) in [7, 11) is 0. The molecule has 0 rings (SSSR count). The normalized spacial score (nSPS) is 8.25. The second-order valence-corrected chi connectivity index (χ2v) is 1.44. The predicted molar refractivity (Wildman–Crippen MR) is 29.5 cm³/mol. The molecule has 0 aromatic carbocycles. The number of rotatable bonds is 4. The van der Waals surface area contributed by atoms with E-state index in [9.17, 15) is 0 Å². The van der Waals surface area contributed by atoms with Crippen LogP contribution in [0.1, 0.15) is 6.92 Å². The van der Waals surface area contributed by atoms with E-state index in [1.54, 1.807) is 0 Å². The van der Waals surface area contributed by atoms with Crippen molar-refractivity contribution in [3.63, 3.8) is 0 Å². The third kappa shape index (κ3) is 9.61. The van der Waals surface area contributed by atoms with Crippen LogP contribution in [0.2, 0.25) is 0 Å². The molecule has 0 spiro atoms. The second-order valence-electron chi connectivity index (χ2n) is 1.44. The minimum Gasteiger partial charge on any atom is -1.00 e. The Kier molecular flexibility index (Phi) is 14.5. The summed E-state index contributed by atoms with van der Waals surface area (Å²) in [6, 6.07) is 0. The molecule has 0 unspecified atom stereocenters. The van der Waals surface area contributed by atoms with E-state index in [0.717, 1.165) is 19.6 Å². The van der Waals surface area contributed by atoms with E-state index < -0.39 is 0 Å². The van der Waals surface area contributed by atoms with Gasteiger partial charge in [0.25, 0.3) is 0 Å². The van der Waals surface area contributed by atoms with Gasteiger partial charge in [0.05, 0.1) is 19.6 Å². The fourth-order valence-corrected chi connectivity index (χ4v) is 0.390. The molecule has 0 aromatic rings. The van der Waals surface area contributed by atoms with Crippen LogP contribution < -0.4 is 33.6 Å². The summed E-state index contributed by atoms with van der Waals surface area (Å²) in [5, 5.41) is 2.19. The highest BCUT2D eigenvalue weighted by atomic mass is 79.9. The third-order valence-electron chi connectivity index (χ3n) is 0.781. The number of nitrogens with two attached hydrogens (primary N) is 2. The molecule has 0 aromatic heterocycles. The Morgan fingerprint density at radius 3 is 2.62 bits per heavy atom. The molecule has 5 N–H and O–H groups in total. The van der Waals surface area contributed by atoms with Crippen LogP contribution in [0.15, 0.2) is 0 Å². The summed E-state index contributed by atoms with van der Waals surface area (Å²) < 4.78 is 0. The Balaban J connectivity index is 0. The second kappa shape index (κ2) is 10.4. The Hall–Kier alpha value is 0.360. The Labute approximate surface area is 60.8 Å². The van der Waals surface area contributed by atoms with Crippen molar-refractivity contribution in [3.8, 4) is 0 Å². The third-order valence-corrected chi connectivity index (χ3v) is 0.781. The number of halogens is 1. The highest BCUT2D eigenvalue weighted by Gasteiger charge is 1.79. The zero-order valence-corrected chi connectivity index (χ0v) is 6.74. The van der Waals surface area contributed by atoms with Gasteiger partial charge in [-0.05, 0) is 6.92 Å². The first-order valence-electron chi connectivity index (χ1n) is 2.67. The topological polar surface area (TPSA) is 54.7 Å². The lowest BCUT2D eigenvalue weighted by Crippen LogP contribution is -3.00. The molecule has 0 aliphatic carbocycles. The Morgan fingerprint density at radius 1 is 1.62 bits per heavy atom. The summed E-state index contributed by atoms with van der Waals surface area (Å²) in [5.41, 5.74) is 2.57. The van der Waals surface area contributed by atoms with Crippen LogP contribution in [-0.2, 0) is 0 Å². The van der Waals surface area contributed by atoms with Crippen molar-refractivity contribution in [2.24, 2.45) is 5.84 Å². The molecule has 0 bridgehead atoms. The van der Waals surface area contributed by atoms with E-state index in [1.807, 2.05) is 0 Å². The molecule has 0 aliphatic rings. The average molecular weight is 184 g/mol. The van der Waals surface area contributed by atoms with Gasteiger partial charge in [0, 0.05) is 0 Å². The summed E-state index contributed by atoms with van der Waals surface area (Å²) in [6.45, 7) is 5.24. The number of hydrogen-bond acceptors (Lipinski definition) is 2. The number of hydrogen-bond donors (Lipinski definition) is 3. The molecule has 0 aliphatic heterocycles. The minimum atomic E-state index is 0. The first kappa shape index (κ1) is 11.2. The van der Waals surface area contributed by atoms with Gasteiger partial charge in [-0.3, -0.25) is 11.3 Å². The molecule has 3 nitrogen and oxygen atoms in total. The van der Waals surface area contributed by atoms with Crippen LogP contribution in [0.3, 0.4) is 0 Å². The molecular weight excluding hydrogens is 170 g/mol. The zero-order valence-electron chi connectivity index (χ0n) is 5.15. The van der Waals surface area contributed by atoms with Gasteiger partial charge < -0.3 is 22.3 Å². The Morgan fingerprint density at radius 2 is 2.25 bits per heavy atom. The van der Waals surface area contributed by atoms with Crippen LogP contribution in [0.5, 0.6) is 0 Å². The lowest BCUT2D eigenvalue weighted by molar-refractivity contribution is -0.649. The smallest absolute Gasteiger partial charge is 0.0896 e. The van der Waals surface area contributed by atoms with Crippen molar-refractivity contribution in [1.82, 2.24) is 5.43 Å². The molecule has 0 saturated heterocycles. The zero-order chi connectivity index (χ0) is 5.54. The summed E-state index contributed by atoms with van der Waals surface area (Å²) >= 11 is 0. The van der Waals surface area contributed by atoms with E-state index in [0.29, 0.717) is 0 Å². The van der Waals surface area contributed by atoms with Crippen LogP contribution in [0.25, 0.3) is 0 Å². The van der Waals surface area contributed by atoms with Gasteiger partial charge in [-0.1, -0.05) is 0 Å². The van der Waals surface area contributed by atoms with Crippen molar-refractivity contribution in [2.75, 3.05) is 19.6 Å². The van der Waals surface area contributed by atoms with Gasteiger partial charge in [-0.25, -0.2) is 0 Å². The molecule has 8 heavy (non-hydrogen) atoms. The molecule has 52 valence electrons. The summed E-state index contributed by atoms with van der Waals surface area (Å²) in [4.78, 5) is 0. The monoisotopic (exact) mass is 183 g/mol. The quantitative estimate of drug-likeness (QED) is 0.233. The van der Waals surface area contributed by atoms with Gasteiger partial charge in [-0.15, -0.1) is 0 Å². The van der Waals surface area contributed by atoms with Gasteiger partial charge >= 0.3 is 0 Å². The number of nitrogens with one attached hydrogen (secondary N) is 1. The van der Waals surface area contributed by atoms with Crippen LogP contribution in [-0.4, -0.2) is 19.6 Å². The maximum absolute atomic E-state index is 5.00. The molecule has 0 fully saturated rings.